The zero-order chi connectivity index (χ0) is 42.5. The number of nitrogens with zero attached hydrogens (tertiary/aromatic N) is 8. The highest BCUT2D eigenvalue weighted by Gasteiger charge is 2.47. The number of carbonyl (C=O) groups excluding carboxylic acids is 5. The molecule has 2 aromatic carbocycles. The molecule has 62 heavy (non-hydrogen) atoms. The molecule has 5 amide bonds. The van der Waals surface area contributed by atoms with Crippen molar-refractivity contribution in [3.8, 4) is 5.75 Å². The lowest BCUT2D eigenvalue weighted by molar-refractivity contribution is -0.136. The van der Waals surface area contributed by atoms with Crippen molar-refractivity contribution in [2.45, 2.75) is 63.5 Å². The van der Waals surface area contributed by atoms with E-state index in [1.54, 1.807) is 30.6 Å². The highest BCUT2D eigenvalue weighted by Crippen LogP contribution is 2.42. The highest BCUT2D eigenvalue weighted by molar-refractivity contribution is 6.25. The molecule has 2 aromatic heterocycles. The van der Waals surface area contributed by atoms with E-state index in [1.807, 2.05) is 18.2 Å². The van der Waals surface area contributed by atoms with Crippen molar-refractivity contribution < 1.29 is 28.7 Å². The van der Waals surface area contributed by atoms with E-state index in [0.717, 1.165) is 112 Å². The molecule has 17 nitrogen and oxygen atoms in total. The van der Waals surface area contributed by atoms with Crippen LogP contribution in [0.3, 0.4) is 0 Å². The number of carbonyl (C=O) groups is 5. The van der Waals surface area contributed by atoms with Crippen LogP contribution in [0.4, 0.5) is 11.4 Å². The Labute approximate surface area is 358 Å². The normalized spacial score (nSPS) is 22.3. The van der Waals surface area contributed by atoms with E-state index >= 15 is 0 Å². The summed E-state index contributed by atoms with van der Waals surface area (Å²) in [6.45, 7) is 8.61. The van der Waals surface area contributed by atoms with Crippen molar-refractivity contribution in [1.82, 2.24) is 39.8 Å². The van der Waals surface area contributed by atoms with Crippen molar-refractivity contribution in [2.24, 2.45) is 17.1 Å². The molecule has 1 aliphatic carbocycles. The van der Waals surface area contributed by atoms with Gasteiger partial charge in [0.05, 0.1) is 40.6 Å². The number of likely N-dealkylation sites (tertiary alicyclic amines) is 2. The number of hydrogen-bond donors (Lipinski definition) is 3. The van der Waals surface area contributed by atoms with Crippen molar-refractivity contribution in [3.63, 3.8) is 0 Å². The number of hydrogen-bond acceptors (Lipinski definition) is 13. The van der Waals surface area contributed by atoms with Gasteiger partial charge in [0.2, 0.25) is 11.8 Å². The Morgan fingerprint density at radius 1 is 0.903 bits per heavy atom. The number of nitrogens with one attached hydrogen (secondary N) is 2. The number of ether oxygens (including phenoxy) is 1. The lowest BCUT2D eigenvalue weighted by Crippen LogP contribution is -2.61. The third-order valence-electron chi connectivity index (χ3n) is 13.7. The topological polar surface area (TPSA) is 201 Å². The fraction of sp³-hybridized carbons (Fsp3) is 0.467. The largest absolute Gasteiger partial charge is 0.491 e. The summed E-state index contributed by atoms with van der Waals surface area (Å²) in [4.78, 5) is 80.9. The molecule has 1 spiro atoms. The lowest BCUT2D eigenvalue weighted by atomic mass is 9.72. The Bertz CT molecular complexity index is 2460. The predicted molar refractivity (Wildman–Crippen MR) is 229 cm³/mol. The average Bonchev–Trinajstić information content (AvgIpc) is 3.96. The van der Waals surface area contributed by atoms with Gasteiger partial charge in [-0.3, -0.25) is 38.9 Å². The number of benzene rings is 2. The molecule has 1 atom stereocenters. The molecule has 0 bridgehead atoms. The van der Waals surface area contributed by atoms with Crippen LogP contribution in [0.5, 0.6) is 5.75 Å². The zero-order valence-electron chi connectivity index (χ0n) is 34.6. The van der Waals surface area contributed by atoms with Crippen molar-refractivity contribution in [1.29, 1.82) is 0 Å². The van der Waals surface area contributed by atoms with Gasteiger partial charge in [-0.15, -0.1) is 0 Å². The standard InChI is InChI=1S/C45H51N11O6/c46-23-34(40-47-12-1-13-48-40)41(58)49-36-20-29-24-55(51-35(29)22-38(36)62-25-28-2-3-28)30-8-14-52(15-9-30)18-19-53-26-45(27-53)10-16-54(17-11-45)31-4-5-32-33(21-31)44(61)56(43(32)60)37-6-7-39(57)50-42(37)59/h1,4-5,12-13,20-24,28,30,37H,2-3,6-11,14-19,25-27,46H2,(H,49,58)(H,50,57,59)/b34-23+. The van der Waals surface area contributed by atoms with E-state index in [-0.39, 0.29) is 36.2 Å². The summed E-state index contributed by atoms with van der Waals surface area (Å²) in [5, 5.41) is 11.2. The van der Waals surface area contributed by atoms with Crippen LogP contribution in [0.25, 0.3) is 16.5 Å². The number of imide groups is 2. The molecule has 6 aliphatic rings. The lowest BCUT2D eigenvalue weighted by Gasteiger charge is -2.55. The first kappa shape index (κ1) is 39.9. The molecular weight excluding hydrogens is 791 g/mol. The monoisotopic (exact) mass is 841 g/mol. The minimum absolute atomic E-state index is 0.0974. The third-order valence-corrected chi connectivity index (χ3v) is 13.7. The maximum atomic E-state index is 13.4. The minimum atomic E-state index is -0.966. The predicted octanol–water partition coefficient (Wildman–Crippen LogP) is 3.19. The minimum Gasteiger partial charge on any atom is -0.491 e. The first-order valence-electron chi connectivity index (χ1n) is 21.9. The van der Waals surface area contributed by atoms with Crippen LogP contribution < -0.4 is 26.0 Å². The van der Waals surface area contributed by atoms with E-state index in [4.69, 9.17) is 15.6 Å². The summed E-state index contributed by atoms with van der Waals surface area (Å²) >= 11 is 0. The van der Waals surface area contributed by atoms with Crippen molar-refractivity contribution in [3.05, 3.63) is 78.1 Å². The van der Waals surface area contributed by atoms with Crippen LogP contribution in [0, 0.1) is 11.3 Å². The van der Waals surface area contributed by atoms with E-state index in [2.05, 4.69) is 46.2 Å². The third kappa shape index (κ3) is 7.79. The number of amides is 5. The van der Waals surface area contributed by atoms with E-state index in [0.29, 0.717) is 40.5 Å². The maximum Gasteiger partial charge on any atom is 0.262 e. The highest BCUT2D eigenvalue weighted by atomic mass is 16.5. The van der Waals surface area contributed by atoms with Crippen LogP contribution in [0.1, 0.15) is 83.9 Å². The molecule has 1 saturated carbocycles. The molecule has 4 N–H and O–H groups in total. The Hall–Kier alpha value is -6.20. The second-order valence-electron chi connectivity index (χ2n) is 17.8. The van der Waals surface area contributed by atoms with Crippen LogP contribution >= 0.6 is 0 Å². The van der Waals surface area contributed by atoms with E-state index < -0.39 is 29.7 Å². The van der Waals surface area contributed by atoms with Crippen LogP contribution in [-0.2, 0) is 14.4 Å². The van der Waals surface area contributed by atoms with Gasteiger partial charge in [-0.2, -0.15) is 5.10 Å². The molecule has 322 valence electrons. The first-order chi connectivity index (χ1) is 30.1. The average molecular weight is 842 g/mol. The number of aromatic nitrogens is 4. The summed E-state index contributed by atoms with van der Waals surface area (Å²) in [5.41, 5.74) is 9.26. The van der Waals surface area contributed by atoms with Gasteiger partial charge in [0, 0.05) is 101 Å². The molecule has 7 heterocycles. The van der Waals surface area contributed by atoms with Gasteiger partial charge in [0.25, 0.3) is 17.7 Å². The number of anilines is 2. The molecule has 5 aliphatic heterocycles. The van der Waals surface area contributed by atoms with Crippen molar-refractivity contribution in [2.75, 3.05) is 69.2 Å². The zero-order valence-corrected chi connectivity index (χ0v) is 34.6. The Morgan fingerprint density at radius 3 is 2.37 bits per heavy atom. The Kier molecular flexibility index (Phi) is 10.5. The van der Waals surface area contributed by atoms with Gasteiger partial charge in [0.1, 0.15) is 11.8 Å². The quantitative estimate of drug-likeness (QED) is 0.139. The van der Waals surface area contributed by atoms with Gasteiger partial charge < -0.3 is 30.5 Å². The Balaban J connectivity index is 0.697. The fourth-order valence-corrected chi connectivity index (χ4v) is 9.81. The Morgan fingerprint density at radius 2 is 1.65 bits per heavy atom. The van der Waals surface area contributed by atoms with Gasteiger partial charge in [-0.05, 0) is 86.6 Å². The van der Waals surface area contributed by atoms with Gasteiger partial charge in [-0.25, -0.2) is 9.97 Å². The molecule has 10 rings (SSSR count). The summed E-state index contributed by atoms with van der Waals surface area (Å²) in [6, 6.07) is 10.2. The summed E-state index contributed by atoms with van der Waals surface area (Å²) in [7, 11) is 0. The number of rotatable bonds is 12. The molecule has 4 aromatic rings. The maximum absolute atomic E-state index is 13.4. The SMILES string of the molecule is N/C=C(/C(=O)Nc1cc2cn(C3CCN(CCN4CC5(CCN(c6ccc7c(c6)C(=O)N(C6CCC(=O)NC6=O)C7=O)CC5)C4)CC3)nc2cc1OCC1CC1)c1ncccn1. The van der Waals surface area contributed by atoms with Crippen LogP contribution in [0.2, 0.25) is 0 Å². The summed E-state index contributed by atoms with van der Waals surface area (Å²) in [6.07, 6.45) is 13.1. The van der Waals surface area contributed by atoms with Crippen LogP contribution in [-0.4, -0.2) is 129 Å². The van der Waals surface area contributed by atoms with Gasteiger partial charge in [-0.1, -0.05) is 0 Å². The molecule has 4 saturated heterocycles. The smallest absolute Gasteiger partial charge is 0.262 e. The molecule has 17 heteroatoms. The number of nitrogens with two attached hydrogens (primary N) is 1. The number of piperidine rings is 3. The van der Waals surface area contributed by atoms with Crippen molar-refractivity contribution >= 4 is 57.4 Å². The van der Waals surface area contributed by atoms with Gasteiger partial charge in [0.15, 0.2) is 5.82 Å². The molecule has 0 radical (unpaired) electrons. The van der Waals surface area contributed by atoms with E-state index in [1.165, 1.54) is 6.20 Å². The second-order valence-corrected chi connectivity index (χ2v) is 17.8. The number of fused-ring (bicyclic) bond motifs is 2. The summed E-state index contributed by atoms with van der Waals surface area (Å²) in [5.74, 6) is -0.985. The van der Waals surface area contributed by atoms with Gasteiger partial charge >= 0.3 is 0 Å². The fourth-order valence-electron chi connectivity index (χ4n) is 9.81. The molecule has 1 unspecified atom stereocenters. The second kappa shape index (κ2) is 16.2. The first-order valence-corrected chi connectivity index (χ1v) is 21.9. The van der Waals surface area contributed by atoms with E-state index in [9.17, 15) is 24.0 Å². The summed E-state index contributed by atoms with van der Waals surface area (Å²) < 4.78 is 8.31. The van der Waals surface area contributed by atoms with Crippen LogP contribution in [0.15, 0.2) is 61.2 Å². The molecule has 5 fully saturated rings. The molecular formula is C45H51N11O6.